The summed E-state index contributed by atoms with van der Waals surface area (Å²) in [5.74, 6) is -1.04. The third kappa shape index (κ3) is 3.76. The Bertz CT molecular complexity index is 822. The number of benzene rings is 1. The van der Waals surface area contributed by atoms with Crippen molar-refractivity contribution in [2.45, 2.75) is 18.9 Å². The van der Waals surface area contributed by atoms with Crippen molar-refractivity contribution in [2.75, 3.05) is 6.61 Å². The van der Waals surface area contributed by atoms with Crippen molar-refractivity contribution in [2.24, 2.45) is 0 Å². The Morgan fingerprint density at radius 2 is 2.00 bits per heavy atom. The number of fused-ring (bicyclic) bond motifs is 1. The topological polar surface area (TPSA) is 82.8 Å². The van der Waals surface area contributed by atoms with E-state index in [9.17, 15) is 26.4 Å². The number of alkyl halides is 3. The minimum atomic E-state index is -5.75. The molecule has 2 rings (SSSR count). The summed E-state index contributed by atoms with van der Waals surface area (Å²) >= 11 is 0. The van der Waals surface area contributed by atoms with Crippen molar-refractivity contribution in [3.63, 3.8) is 0 Å². The molecule has 0 aliphatic heterocycles. The van der Waals surface area contributed by atoms with E-state index in [4.69, 9.17) is 9.15 Å². The molecule has 0 atom stereocenters. The number of carbonyl (C=O) groups is 1. The summed E-state index contributed by atoms with van der Waals surface area (Å²) in [6.07, 6.45) is 1.16. The van der Waals surface area contributed by atoms with Crippen LogP contribution in [0.15, 0.2) is 28.9 Å². The molecule has 0 amide bonds. The van der Waals surface area contributed by atoms with Crippen molar-refractivity contribution in [3.8, 4) is 5.75 Å². The van der Waals surface area contributed by atoms with Gasteiger partial charge in [-0.1, -0.05) is 0 Å². The fourth-order valence-electron chi connectivity index (χ4n) is 1.79. The molecule has 0 N–H and O–H groups in total. The maximum absolute atomic E-state index is 12.3. The van der Waals surface area contributed by atoms with Gasteiger partial charge in [0, 0.05) is 17.0 Å². The predicted molar refractivity (Wildman–Crippen MR) is 72.2 cm³/mol. The first kappa shape index (κ1) is 17.1. The molecular formula is C13H11F3O6S. The second-order valence-corrected chi connectivity index (χ2v) is 5.92. The van der Waals surface area contributed by atoms with E-state index in [1.165, 1.54) is 12.3 Å². The molecule has 0 radical (unpaired) electrons. The van der Waals surface area contributed by atoms with E-state index < -0.39 is 27.3 Å². The van der Waals surface area contributed by atoms with Crippen LogP contribution in [-0.2, 0) is 26.1 Å². The number of hydrogen-bond donors (Lipinski definition) is 0. The summed E-state index contributed by atoms with van der Waals surface area (Å²) in [7, 11) is -5.75. The first-order valence-electron chi connectivity index (χ1n) is 6.30. The van der Waals surface area contributed by atoms with Gasteiger partial charge in [-0.25, -0.2) is 0 Å². The van der Waals surface area contributed by atoms with Gasteiger partial charge in [0.2, 0.25) is 0 Å². The summed E-state index contributed by atoms with van der Waals surface area (Å²) < 4.78 is 72.6. The van der Waals surface area contributed by atoms with Crippen molar-refractivity contribution in [3.05, 3.63) is 30.0 Å². The van der Waals surface area contributed by atoms with E-state index in [0.29, 0.717) is 10.9 Å². The van der Waals surface area contributed by atoms with Gasteiger partial charge in [-0.15, -0.1) is 0 Å². The van der Waals surface area contributed by atoms with Gasteiger partial charge in [-0.3, -0.25) is 4.79 Å². The molecule has 0 saturated carbocycles. The fraction of sp³-hybridized carbons (Fsp3) is 0.308. The molecule has 126 valence electrons. The molecule has 10 heteroatoms. The van der Waals surface area contributed by atoms with Crippen LogP contribution in [0, 0.1) is 0 Å². The van der Waals surface area contributed by atoms with Gasteiger partial charge in [0.15, 0.2) is 0 Å². The summed E-state index contributed by atoms with van der Waals surface area (Å²) in [5.41, 5.74) is -4.98. The minimum absolute atomic E-state index is 0.0815. The first-order chi connectivity index (χ1) is 10.6. The zero-order valence-electron chi connectivity index (χ0n) is 11.7. The van der Waals surface area contributed by atoms with Crippen LogP contribution in [-0.4, -0.2) is 26.5 Å². The van der Waals surface area contributed by atoms with Crippen molar-refractivity contribution in [1.29, 1.82) is 0 Å². The SMILES string of the molecule is CCOC(=O)Cc1coc2cc(OS(=O)(=O)C(F)(F)F)ccc12. The van der Waals surface area contributed by atoms with Crippen LogP contribution >= 0.6 is 0 Å². The molecule has 0 bridgehead atoms. The maximum Gasteiger partial charge on any atom is 0.534 e. The van der Waals surface area contributed by atoms with Gasteiger partial charge in [0.1, 0.15) is 11.3 Å². The molecule has 1 aromatic heterocycles. The summed E-state index contributed by atoms with van der Waals surface area (Å²) in [6, 6.07) is 3.33. The molecule has 1 heterocycles. The molecule has 23 heavy (non-hydrogen) atoms. The highest BCUT2D eigenvalue weighted by Crippen LogP contribution is 2.30. The van der Waals surface area contributed by atoms with Gasteiger partial charge < -0.3 is 13.3 Å². The van der Waals surface area contributed by atoms with E-state index in [2.05, 4.69) is 4.18 Å². The number of furan rings is 1. The molecule has 0 unspecified atom stereocenters. The fourth-order valence-corrected chi connectivity index (χ4v) is 2.25. The number of esters is 1. The van der Waals surface area contributed by atoms with Crippen LogP contribution in [0.25, 0.3) is 11.0 Å². The van der Waals surface area contributed by atoms with Gasteiger partial charge >= 0.3 is 21.6 Å². The Kier molecular flexibility index (Phi) is 4.55. The molecule has 0 aliphatic carbocycles. The Morgan fingerprint density at radius 3 is 2.61 bits per heavy atom. The molecule has 0 aliphatic rings. The zero-order chi connectivity index (χ0) is 17.3. The molecule has 0 saturated heterocycles. The molecule has 0 spiro atoms. The quantitative estimate of drug-likeness (QED) is 0.467. The minimum Gasteiger partial charge on any atom is -0.466 e. The average molecular weight is 352 g/mol. The van der Waals surface area contributed by atoms with Crippen LogP contribution in [0.3, 0.4) is 0 Å². The van der Waals surface area contributed by atoms with Crippen molar-refractivity contribution in [1.82, 2.24) is 0 Å². The molecule has 2 aromatic rings. The summed E-state index contributed by atoms with van der Waals surface area (Å²) in [5, 5.41) is 0.440. The standard InChI is InChI=1S/C13H11F3O6S/c1-2-20-12(17)5-8-7-21-11-6-9(3-4-10(8)11)22-23(18,19)13(14,15)16/h3-4,6-7H,2,5H2,1H3. The number of hydrogen-bond acceptors (Lipinski definition) is 6. The number of carbonyl (C=O) groups excluding carboxylic acids is 1. The second-order valence-electron chi connectivity index (χ2n) is 4.38. The third-order valence-corrected chi connectivity index (χ3v) is 3.74. The van der Waals surface area contributed by atoms with Crippen molar-refractivity contribution >= 4 is 27.1 Å². The second kappa shape index (κ2) is 6.11. The van der Waals surface area contributed by atoms with Crippen molar-refractivity contribution < 1.29 is 39.7 Å². The number of rotatable bonds is 5. The summed E-state index contributed by atoms with van der Waals surface area (Å²) in [4.78, 5) is 11.4. The van der Waals surface area contributed by atoms with Crippen LogP contribution < -0.4 is 4.18 Å². The highest BCUT2D eigenvalue weighted by atomic mass is 32.2. The lowest BCUT2D eigenvalue weighted by Gasteiger charge is -2.09. The van der Waals surface area contributed by atoms with Crippen LogP contribution in [0.5, 0.6) is 5.75 Å². The number of ether oxygens (including phenoxy) is 1. The third-order valence-electron chi connectivity index (χ3n) is 2.76. The monoisotopic (exact) mass is 352 g/mol. The van der Waals surface area contributed by atoms with Crippen LogP contribution in [0.4, 0.5) is 13.2 Å². The van der Waals surface area contributed by atoms with E-state index >= 15 is 0 Å². The summed E-state index contributed by atoms with van der Waals surface area (Å²) in [6.45, 7) is 1.86. The van der Waals surface area contributed by atoms with Gasteiger partial charge in [-0.05, 0) is 19.1 Å². The zero-order valence-corrected chi connectivity index (χ0v) is 12.5. The van der Waals surface area contributed by atoms with E-state index in [0.717, 1.165) is 12.1 Å². The lowest BCUT2D eigenvalue weighted by Crippen LogP contribution is -2.28. The Hall–Kier alpha value is -2.23. The molecule has 0 fully saturated rings. The average Bonchev–Trinajstić information content (AvgIpc) is 2.79. The van der Waals surface area contributed by atoms with Crippen LogP contribution in [0.1, 0.15) is 12.5 Å². The lowest BCUT2D eigenvalue weighted by molar-refractivity contribution is -0.142. The van der Waals surface area contributed by atoms with E-state index in [1.54, 1.807) is 6.92 Å². The molecular weight excluding hydrogens is 341 g/mol. The van der Waals surface area contributed by atoms with Gasteiger partial charge in [-0.2, -0.15) is 21.6 Å². The Labute approximate surface area is 128 Å². The number of halogens is 3. The maximum atomic E-state index is 12.3. The highest BCUT2D eigenvalue weighted by Gasteiger charge is 2.48. The molecule has 1 aromatic carbocycles. The van der Waals surface area contributed by atoms with E-state index in [1.807, 2.05) is 0 Å². The first-order valence-corrected chi connectivity index (χ1v) is 7.71. The van der Waals surface area contributed by atoms with Crippen LogP contribution in [0.2, 0.25) is 0 Å². The Morgan fingerprint density at radius 1 is 1.30 bits per heavy atom. The molecule has 6 nitrogen and oxygen atoms in total. The Balaban J connectivity index is 2.27. The largest absolute Gasteiger partial charge is 0.534 e. The normalized spacial score (nSPS) is 12.3. The lowest BCUT2D eigenvalue weighted by atomic mass is 10.1. The highest BCUT2D eigenvalue weighted by molar-refractivity contribution is 7.88. The smallest absolute Gasteiger partial charge is 0.466 e. The van der Waals surface area contributed by atoms with Gasteiger partial charge in [0.25, 0.3) is 0 Å². The van der Waals surface area contributed by atoms with E-state index in [-0.39, 0.29) is 18.6 Å². The predicted octanol–water partition coefficient (Wildman–Crippen LogP) is 2.77. The van der Waals surface area contributed by atoms with Gasteiger partial charge in [0.05, 0.1) is 19.3 Å².